The molecule has 2 saturated carbocycles. The van der Waals surface area contributed by atoms with E-state index in [0.29, 0.717) is 29.3 Å². The highest BCUT2D eigenvalue weighted by molar-refractivity contribution is 6.74. The average molecular weight is 539 g/mol. The van der Waals surface area contributed by atoms with Crippen molar-refractivity contribution in [1.82, 2.24) is 0 Å². The van der Waals surface area contributed by atoms with Crippen LogP contribution in [0.25, 0.3) is 0 Å². The van der Waals surface area contributed by atoms with Crippen LogP contribution < -0.4 is 0 Å². The lowest BCUT2D eigenvalue weighted by Crippen LogP contribution is -2.49. The number of carbonyl (C=O) groups excluding carboxylic acids is 1. The highest BCUT2D eigenvalue weighted by Crippen LogP contribution is 2.59. The molecular formula is C31H62O3Si2. The zero-order chi connectivity index (χ0) is 27.2. The zero-order valence-electron chi connectivity index (χ0n) is 25.9. The van der Waals surface area contributed by atoms with Gasteiger partial charge in [0.1, 0.15) is 6.29 Å². The summed E-state index contributed by atoms with van der Waals surface area (Å²) >= 11 is 0. The number of hydrogen-bond donors (Lipinski definition) is 0. The maximum absolute atomic E-state index is 12.5. The quantitative estimate of drug-likeness (QED) is 0.145. The van der Waals surface area contributed by atoms with E-state index in [9.17, 15) is 4.79 Å². The Morgan fingerprint density at radius 2 is 1.47 bits per heavy atom. The second-order valence-electron chi connectivity index (χ2n) is 13.4. The summed E-state index contributed by atoms with van der Waals surface area (Å²) in [5.41, 5.74) is 0.176. The van der Waals surface area contributed by atoms with Crippen molar-refractivity contribution in [2.45, 2.75) is 162 Å². The van der Waals surface area contributed by atoms with Crippen molar-refractivity contribution in [2.75, 3.05) is 0 Å². The van der Waals surface area contributed by atoms with Gasteiger partial charge in [-0.2, -0.15) is 0 Å². The summed E-state index contributed by atoms with van der Waals surface area (Å²) in [4.78, 5) is 12.5. The number of rotatable bonds is 16. The van der Waals surface area contributed by atoms with Gasteiger partial charge in [0.25, 0.3) is 0 Å². The first-order valence-corrected chi connectivity index (χ1v) is 20.8. The normalized spacial score (nSPS) is 29.1. The van der Waals surface area contributed by atoms with Gasteiger partial charge in [-0.15, -0.1) is 0 Å². The summed E-state index contributed by atoms with van der Waals surface area (Å²) in [6.07, 6.45) is 10.1. The van der Waals surface area contributed by atoms with E-state index in [1.165, 1.54) is 74.7 Å². The first kappa shape index (κ1) is 32.2. The van der Waals surface area contributed by atoms with Crippen molar-refractivity contribution < 1.29 is 13.6 Å². The molecule has 212 valence electrons. The van der Waals surface area contributed by atoms with E-state index in [0.717, 1.165) is 12.8 Å². The fourth-order valence-corrected chi connectivity index (χ4v) is 14.5. The van der Waals surface area contributed by atoms with Gasteiger partial charge in [0.15, 0.2) is 16.6 Å². The van der Waals surface area contributed by atoms with Crippen LogP contribution in [0.4, 0.5) is 0 Å². The lowest BCUT2D eigenvalue weighted by atomic mass is 9.60. The Hall–Kier alpha value is 0.0238. The second-order valence-corrected chi connectivity index (χ2v) is 22.8. The van der Waals surface area contributed by atoms with Gasteiger partial charge in [-0.3, -0.25) is 0 Å². The third kappa shape index (κ3) is 6.96. The molecule has 0 aliphatic heterocycles. The van der Waals surface area contributed by atoms with Crippen molar-refractivity contribution in [3.63, 3.8) is 0 Å². The molecule has 0 bridgehead atoms. The smallest absolute Gasteiger partial charge is 0.192 e. The molecule has 0 saturated heterocycles. The number of carbonyl (C=O) groups is 1. The Morgan fingerprint density at radius 1 is 0.917 bits per heavy atom. The van der Waals surface area contributed by atoms with Crippen LogP contribution in [0.3, 0.4) is 0 Å². The molecule has 6 atom stereocenters. The van der Waals surface area contributed by atoms with Crippen LogP contribution in [-0.2, 0) is 13.6 Å². The van der Waals surface area contributed by atoms with Crippen LogP contribution in [0.15, 0.2) is 0 Å². The van der Waals surface area contributed by atoms with Gasteiger partial charge in [-0.1, -0.05) is 61.8 Å². The fourth-order valence-electron chi connectivity index (χ4n) is 8.36. The third-order valence-electron chi connectivity index (χ3n) is 11.5. The van der Waals surface area contributed by atoms with Crippen molar-refractivity contribution >= 4 is 22.9 Å². The molecule has 0 radical (unpaired) electrons. The van der Waals surface area contributed by atoms with Crippen molar-refractivity contribution in [3.05, 3.63) is 0 Å². The molecule has 1 unspecified atom stereocenters. The van der Waals surface area contributed by atoms with E-state index in [4.69, 9.17) is 8.85 Å². The predicted octanol–water partition coefficient (Wildman–Crippen LogP) is 9.62. The number of aldehydes is 1. The van der Waals surface area contributed by atoms with E-state index in [1.807, 2.05) is 0 Å². The molecule has 0 aromatic carbocycles. The van der Waals surface area contributed by atoms with Gasteiger partial charge in [0.2, 0.25) is 0 Å². The molecule has 2 fully saturated rings. The topological polar surface area (TPSA) is 35.5 Å². The summed E-state index contributed by atoms with van der Waals surface area (Å²) in [7, 11) is -3.26. The first-order chi connectivity index (χ1) is 16.9. The van der Waals surface area contributed by atoms with E-state index in [-0.39, 0.29) is 11.5 Å². The third-order valence-corrected chi connectivity index (χ3v) is 21.0. The Kier molecular flexibility index (Phi) is 12.0. The van der Waals surface area contributed by atoms with Crippen LogP contribution in [0.1, 0.15) is 114 Å². The monoisotopic (exact) mass is 538 g/mol. The van der Waals surface area contributed by atoms with Crippen molar-refractivity contribution in [2.24, 2.45) is 29.1 Å². The van der Waals surface area contributed by atoms with Crippen LogP contribution in [0.2, 0.25) is 36.3 Å². The minimum atomic E-state index is -1.66. The SMILES string of the molecule is CC[Si](CC)(CC)O[C@H]1CCC[C@]2(C)[C@@H]([C@H](C)C(C=O)CCC(C)(C)O[Si](CC)(CC)CC)CC[C@@H]12. The number of fused-ring (bicyclic) bond motifs is 1. The van der Waals surface area contributed by atoms with E-state index >= 15 is 0 Å². The van der Waals surface area contributed by atoms with Gasteiger partial charge < -0.3 is 13.6 Å². The second kappa shape index (κ2) is 13.4. The van der Waals surface area contributed by atoms with Gasteiger partial charge >= 0.3 is 0 Å². The lowest BCUT2D eigenvalue weighted by Gasteiger charge is -2.49. The Balaban J connectivity index is 2.11. The molecular weight excluding hydrogens is 477 g/mol. The van der Waals surface area contributed by atoms with Gasteiger partial charge in [0, 0.05) is 12.0 Å². The molecule has 2 rings (SSSR count). The predicted molar refractivity (Wildman–Crippen MR) is 161 cm³/mol. The standard InChI is InChI=1S/C31H62O3Si2/c1-11-35(12-2,13-3)33-29-18-17-22-31(10)27(19-20-28(29)31)25(7)26(24-32)21-23-30(8,9)34-36(14-4,15-5)16-6/h24-29H,11-23H2,1-10H3/t25-,26?,27-,28+,29+,31-/m1/s1. The number of hydrogen-bond acceptors (Lipinski definition) is 3. The molecule has 0 amide bonds. The zero-order valence-corrected chi connectivity index (χ0v) is 27.9. The van der Waals surface area contributed by atoms with Crippen LogP contribution >= 0.6 is 0 Å². The highest BCUT2D eigenvalue weighted by Gasteiger charge is 2.54. The van der Waals surface area contributed by atoms with E-state index < -0.39 is 16.6 Å². The summed E-state index contributed by atoms with van der Waals surface area (Å²) < 4.78 is 14.0. The molecule has 2 aliphatic rings. The van der Waals surface area contributed by atoms with Gasteiger partial charge in [0.05, 0.1) is 5.60 Å². The fraction of sp³-hybridized carbons (Fsp3) is 0.968. The summed E-state index contributed by atoms with van der Waals surface area (Å²) in [5.74, 6) is 1.87. The van der Waals surface area contributed by atoms with Gasteiger partial charge in [-0.05, 0) is 112 Å². The summed E-state index contributed by atoms with van der Waals surface area (Å²) in [6.45, 7) is 23.5. The van der Waals surface area contributed by atoms with Crippen molar-refractivity contribution in [1.29, 1.82) is 0 Å². The van der Waals surface area contributed by atoms with Crippen molar-refractivity contribution in [3.8, 4) is 0 Å². The molecule has 0 aromatic heterocycles. The molecule has 5 heteroatoms. The minimum Gasteiger partial charge on any atom is -0.414 e. The summed E-state index contributed by atoms with van der Waals surface area (Å²) in [6, 6.07) is 7.26. The van der Waals surface area contributed by atoms with E-state index in [2.05, 4.69) is 69.2 Å². The maximum atomic E-state index is 12.5. The molecule has 0 aromatic rings. The molecule has 0 N–H and O–H groups in total. The van der Waals surface area contributed by atoms with Gasteiger partial charge in [-0.25, -0.2) is 0 Å². The first-order valence-electron chi connectivity index (χ1n) is 15.8. The Bertz CT molecular complexity index is 656. The highest BCUT2D eigenvalue weighted by atomic mass is 28.4. The van der Waals surface area contributed by atoms with Crippen LogP contribution in [-0.4, -0.2) is 34.6 Å². The maximum Gasteiger partial charge on any atom is 0.192 e. The lowest BCUT2D eigenvalue weighted by molar-refractivity contribution is -0.114. The molecule has 3 nitrogen and oxygen atoms in total. The molecule has 2 aliphatic carbocycles. The van der Waals surface area contributed by atoms with E-state index in [1.54, 1.807) is 0 Å². The average Bonchev–Trinajstić information content (AvgIpc) is 3.24. The molecule has 0 heterocycles. The molecule has 0 spiro atoms. The largest absolute Gasteiger partial charge is 0.414 e. The Morgan fingerprint density at radius 3 is 1.97 bits per heavy atom. The van der Waals surface area contributed by atoms with Crippen LogP contribution in [0.5, 0.6) is 0 Å². The van der Waals surface area contributed by atoms with Crippen LogP contribution in [0, 0.1) is 29.1 Å². The summed E-state index contributed by atoms with van der Waals surface area (Å²) in [5, 5.41) is 0. The Labute approximate surface area is 227 Å². The molecule has 36 heavy (non-hydrogen) atoms. The minimum absolute atomic E-state index is 0.131.